The third-order valence-corrected chi connectivity index (χ3v) is 4.91. The minimum atomic E-state index is -0.300. The van der Waals surface area contributed by atoms with Crippen molar-refractivity contribution in [1.29, 1.82) is 0 Å². The van der Waals surface area contributed by atoms with Crippen molar-refractivity contribution in [2.24, 2.45) is 0 Å². The molecule has 3 rings (SSSR count). The minimum absolute atomic E-state index is 0.0560. The Bertz CT molecular complexity index is 876. The van der Waals surface area contributed by atoms with Gasteiger partial charge < -0.3 is 5.32 Å². The molecule has 0 aliphatic heterocycles. The summed E-state index contributed by atoms with van der Waals surface area (Å²) in [5.74, 6) is 0.736. The lowest BCUT2D eigenvalue weighted by Gasteiger charge is -2.14. The van der Waals surface area contributed by atoms with Crippen molar-refractivity contribution in [3.8, 4) is 5.69 Å². The Morgan fingerprint density at radius 1 is 1.04 bits per heavy atom. The van der Waals surface area contributed by atoms with Crippen molar-refractivity contribution in [1.82, 2.24) is 14.8 Å². The van der Waals surface area contributed by atoms with Gasteiger partial charge in [0.05, 0.1) is 5.25 Å². The number of hydrogen-bond acceptors (Lipinski definition) is 4. The second kappa shape index (κ2) is 7.53. The van der Waals surface area contributed by atoms with E-state index in [1.165, 1.54) is 11.8 Å². The highest BCUT2D eigenvalue weighted by molar-refractivity contribution is 8.00. The molecular weight excluding hydrogens is 332 g/mol. The molecule has 0 spiro atoms. The largest absolute Gasteiger partial charge is 0.325 e. The molecule has 1 atom stereocenters. The van der Waals surface area contributed by atoms with Crippen LogP contribution in [0.2, 0.25) is 0 Å². The summed E-state index contributed by atoms with van der Waals surface area (Å²) in [7, 11) is 0. The van der Waals surface area contributed by atoms with Gasteiger partial charge in [0.25, 0.3) is 0 Å². The number of carbonyl (C=O) groups is 1. The zero-order valence-corrected chi connectivity index (χ0v) is 15.2. The van der Waals surface area contributed by atoms with E-state index < -0.39 is 0 Å². The number of anilines is 1. The number of rotatable bonds is 5. The van der Waals surface area contributed by atoms with Crippen molar-refractivity contribution in [3.63, 3.8) is 0 Å². The number of nitrogens with zero attached hydrogens (tertiary/aromatic N) is 3. The lowest BCUT2D eigenvalue weighted by molar-refractivity contribution is -0.115. The van der Waals surface area contributed by atoms with Crippen LogP contribution >= 0.6 is 11.8 Å². The third kappa shape index (κ3) is 3.91. The van der Waals surface area contributed by atoms with Gasteiger partial charge in [-0.3, -0.25) is 9.36 Å². The zero-order valence-electron chi connectivity index (χ0n) is 14.4. The summed E-state index contributed by atoms with van der Waals surface area (Å²) in [5, 5.41) is 11.8. The molecule has 0 fully saturated rings. The van der Waals surface area contributed by atoms with E-state index in [1.807, 2.05) is 79.9 Å². The highest BCUT2D eigenvalue weighted by atomic mass is 32.2. The fourth-order valence-electron chi connectivity index (χ4n) is 2.45. The topological polar surface area (TPSA) is 59.8 Å². The number of aromatic nitrogens is 3. The first-order chi connectivity index (χ1) is 12.1. The Balaban J connectivity index is 1.77. The first-order valence-electron chi connectivity index (χ1n) is 8.07. The molecule has 0 saturated heterocycles. The second-order valence-electron chi connectivity index (χ2n) is 5.76. The number of carbonyl (C=O) groups excluding carboxylic acids is 1. The van der Waals surface area contributed by atoms with Gasteiger partial charge in [0, 0.05) is 11.4 Å². The van der Waals surface area contributed by atoms with Gasteiger partial charge in [0.2, 0.25) is 5.91 Å². The van der Waals surface area contributed by atoms with Gasteiger partial charge >= 0.3 is 0 Å². The first-order valence-corrected chi connectivity index (χ1v) is 8.95. The molecule has 0 aliphatic rings. The Hall–Kier alpha value is -2.60. The van der Waals surface area contributed by atoms with Crippen LogP contribution in [0.4, 0.5) is 5.69 Å². The van der Waals surface area contributed by atoms with E-state index in [4.69, 9.17) is 0 Å². The molecule has 1 N–H and O–H groups in total. The molecule has 1 heterocycles. The number of hydrogen-bond donors (Lipinski definition) is 1. The maximum absolute atomic E-state index is 12.5. The normalized spacial score (nSPS) is 12.0. The Morgan fingerprint density at radius 2 is 1.72 bits per heavy atom. The number of para-hydroxylation sites is 2. The molecule has 1 aromatic heterocycles. The van der Waals surface area contributed by atoms with Crippen LogP contribution in [-0.2, 0) is 4.79 Å². The predicted molar refractivity (Wildman–Crippen MR) is 101 cm³/mol. The molecule has 0 radical (unpaired) electrons. The first kappa shape index (κ1) is 17.2. The molecule has 25 heavy (non-hydrogen) atoms. The number of amides is 1. The van der Waals surface area contributed by atoms with Crippen molar-refractivity contribution in [2.45, 2.75) is 31.2 Å². The standard InChI is InChI=1S/C19H20N4OS/c1-13-9-7-8-12-17(13)20-18(24)14(2)25-19-22-21-15(3)23(19)16-10-5-4-6-11-16/h4-12,14H,1-3H3,(H,20,24)/t14-/m0/s1. The van der Waals surface area contributed by atoms with Gasteiger partial charge in [0.15, 0.2) is 5.16 Å². The maximum atomic E-state index is 12.5. The lowest BCUT2D eigenvalue weighted by atomic mass is 10.2. The molecule has 0 unspecified atom stereocenters. The van der Waals surface area contributed by atoms with Gasteiger partial charge in [0.1, 0.15) is 5.82 Å². The van der Waals surface area contributed by atoms with Crippen LogP contribution in [0.5, 0.6) is 0 Å². The summed E-state index contributed by atoms with van der Waals surface area (Å²) < 4.78 is 1.96. The van der Waals surface area contributed by atoms with E-state index in [-0.39, 0.29) is 11.2 Å². The molecule has 3 aromatic rings. The third-order valence-electron chi connectivity index (χ3n) is 3.86. The fraction of sp³-hybridized carbons (Fsp3) is 0.211. The van der Waals surface area contributed by atoms with Crippen LogP contribution in [0.1, 0.15) is 18.3 Å². The zero-order chi connectivity index (χ0) is 17.8. The van der Waals surface area contributed by atoms with E-state index >= 15 is 0 Å². The second-order valence-corrected chi connectivity index (χ2v) is 7.07. The summed E-state index contributed by atoms with van der Waals surface area (Å²) in [5.41, 5.74) is 2.86. The van der Waals surface area contributed by atoms with Crippen molar-refractivity contribution >= 4 is 23.4 Å². The summed E-state index contributed by atoms with van der Waals surface area (Å²) >= 11 is 1.40. The van der Waals surface area contributed by atoms with Gasteiger partial charge in [-0.15, -0.1) is 10.2 Å². The molecule has 0 saturated carbocycles. The highest BCUT2D eigenvalue weighted by Crippen LogP contribution is 2.26. The van der Waals surface area contributed by atoms with E-state index in [0.717, 1.165) is 22.8 Å². The molecule has 2 aromatic carbocycles. The van der Waals surface area contributed by atoms with E-state index in [2.05, 4.69) is 15.5 Å². The van der Waals surface area contributed by atoms with E-state index in [0.29, 0.717) is 5.16 Å². The maximum Gasteiger partial charge on any atom is 0.237 e. The molecule has 0 bridgehead atoms. The Labute approximate surface area is 151 Å². The summed E-state index contributed by atoms with van der Waals surface area (Å²) in [6, 6.07) is 17.6. The Morgan fingerprint density at radius 3 is 2.44 bits per heavy atom. The van der Waals surface area contributed by atoms with Crippen molar-refractivity contribution < 1.29 is 4.79 Å². The van der Waals surface area contributed by atoms with Crippen molar-refractivity contribution in [2.75, 3.05) is 5.32 Å². The highest BCUT2D eigenvalue weighted by Gasteiger charge is 2.20. The summed E-state index contributed by atoms with van der Waals surface area (Å²) in [6.45, 7) is 5.75. The number of thioether (sulfide) groups is 1. The van der Waals surface area contributed by atoms with E-state index in [9.17, 15) is 4.79 Å². The average Bonchev–Trinajstić information content (AvgIpc) is 2.98. The number of aryl methyl sites for hydroxylation is 2. The number of nitrogens with one attached hydrogen (secondary N) is 1. The van der Waals surface area contributed by atoms with E-state index in [1.54, 1.807) is 0 Å². The lowest BCUT2D eigenvalue weighted by Crippen LogP contribution is -2.23. The van der Waals surface area contributed by atoms with Gasteiger partial charge in [-0.25, -0.2) is 0 Å². The van der Waals surface area contributed by atoms with Gasteiger partial charge in [-0.1, -0.05) is 48.2 Å². The predicted octanol–water partition coefficient (Wildman–Crippen LogP) is 4.00. The minimum Gasteiger partial charge on any atom is -0.325 e. The molecular formula is C19H20N4OS. The monoisotopic (exact) mass is 352 g/mol. The molecule has 0 aliphatic carbocycles. The molecule has 6 heteroatoms. The van der Waals surface area contributed by atoms with Crippen LogP contribution in [0.15, 0.2) is 59.8 Å². The Kier molecular flexibility index (Phi) is 5.19. The van der Waals surface area contributed by atoms with Crippen LogP contribution in [-0.4, -0.2) is 25.9 Å². The summed E-state index contributed by atoms with van der Waals surface area (Å²) in [6.07, 6.45) is 0. The molecule has 5 nitrogen and oxygen atoms in total. The van der Waals surface area contributed by atoms with Gasteiger partial charge in [-0.2, -0.15) is 0 Å². The number of benzene rings is 2. The van der Waals surface area contributed by atoms with Crippen LogP contribution < -0.4 is 5.32 Å². The smallest absolute Gasteiger partial charge is 0.237 e. The molecule has 1 amide bonds. The van der Waals surface area contributed by atoms with Gasteiger partial charge in [-0.05, 0) is 44.5 Å². The SMILES string of the molecule is Cc1ccccc1NC(=O)[C@H](C)Sc1nnc(C)n1-c1ccccc1. The van der Waals surface area contributed by atoms with Crippen LogP contribution in [0.3, 0.4) is 0 Å². The fourth-order valence-corrected chi connectivity index (χ4v) is 3.37. The van der Waals surface area contributed by atoms with Crippen LogP contribution in [0, 0.1) is 13.8 Å². The average molecular weight is 352 g/mol. The molecule has 128 valence electrons. The van der Waals surface area contributed by atoms with Crippen molar-refractivity contribution in [3.05, 3.63) is 66.0 Å². The summed E-state index contributed by atoms with van der Waals surface area (Å²) in [4.78, 5) is 12.5. The van der Waals surface area contributed by atoms with Crippen LogP contribution in [0.25, 0.3) is 5.69 Å². The quantitative estimate of drug-likeness (QED) is 0.705.